The Balaban J connectivity index is 2.27. The van der Waals surface area contributed by atoms with Gasteiger partial charge in [-0.2, -0.15) is 8.42 Å². The predicted octanol–water partition coefficient (Wildman–Crippen LogP) is 4.22. The smallest absolute Gasteiger partial charge is 0.319 e. The average molecular weight is 390 g/mol. The van der Waals surface area contributed by atoms with E-state index in [4.69, 9.17) is 9.29 Å². The topological polar surface area (TPSA) is 75.6 Å². The number of unbranched alkanes of at least 4 members (excludes halogenated alkanes) is 1. The van der Waals surface area contributed by atoms with Gasteiger partial charge in [-0.15, -0.1) is 0 Å². The minimum absolute atomic E-state index is 0.343. The number of nitrogens with one attached hydrogen (secondary N) is 1. The van der Waals surface area contributed by atoms with Gasteiger partial charge in [0.2, 0.25) is 0 Å². The Hall–Kier alpha value is -0.760. The van der Waals surface area contributed by atoms with Crippen molar-refractivity contribution in [2.24, 2.45) is 0 Å². The summed E-state index contributed by atoms with van der Waals surface area (Å²) in [4.78, 5) is 0. The van der Waals surface area contributed by atoms with Gasteiger partial charge in [-0.25, -0.2) is 0 Å². The molecule has 1 aromatic carbocycles. The number of hydrogen-bond donors (Lipinski definition) is 2. The predicted molar refractivity (Wildman–Crippen MR) is 106 cm³/mol. The second-order valence-electron chi connectivity index (χ2n) is 6.70. The zero-order valence-electron chi connectivity index (χ0n) is 15.6. The molecule has 0 aliphatic rings. The molecule has 0 fully saturated rings. The largest absolute Gasteiger partial charge is 0.494 e. The molecule has 7 heteroatoms. The van der Waals surface area contributed by atoms with Gasteiger partial charge >= 0.3 is 9.15 Å². The Bertz CT molecular complexity index is 589. The van der Waals surface area contributed by atoms with Gasteiger partial charge < -0.3 is 10.1 Å². The van der Waals surface area contributed by atoms with Crippen LogP contribution in [0.4, 0.5) is 0 Å². The molecule has 0 bridgehead atoms. The van der Waals surface area contributed by atoms with E-state index in [-0.39, 0.29) is 0 Å². The quantitative estimate of drug-likeness (QED) is 0.317. The second kappa shape index (κ2) is 11.1. The lowest BCUT2D eigenvalue weighted by Crippen LogP contribution is -2.19. The van der Waals surface area contributed by atoms with E-state index in [2.05, 4.69) is 51.2 Å². The Morgan fingerprint density at radius 3 is 2.16 bits per heavy atom. The van der Waals surface area contributed by atoms with Gasteiger partial charge in [0.15, 0.2) is 0 Å². The summed E-state index contributed by atoms with van der Waals surface area (Å²) < 4.78 is 35.6. The zero-order chi connectivity index (χ0) is 18.9. The molecule has 0 amide bonds. The van der Waals surface area contributed by atoms with E-state index in [0.29, 0.717) is 41.5 Å². The van der Waals surface area contributed by atoms with Crippen molar-refractivity contribution in [2.75, 3.05) is 25.4 Å². The van der Waals surface area contributed by atoms with Crippen molar-refractivity contribution in [3.8, 4) is 5.75 Å². The molecule has 1 rings (SSSR count). The van der Waals surface area contributed by atoms with Crippen LogP contribution in [0.15, 0.2) is 18.2 Å². The first-order valence-corrected chi connectivity index (χ1v) is 11.7. The number of benzene rings is 1. The fraction of sp³-hybridized carbons (Fsp3) is 0.667. The molecule has 0 radical (unpaired) electrons. The van der Waals surface area contributed by atoms with E-state index in [1.807, 2.05) is 0 Å². The maximum Gasteiger partial charge on any atom is 0.319 e. The lowest BCUT2D eigenvalue weighted by atomic mass is 9.95. The van der Waals surface area contributed by atoms with Gasteiger partial charge in [-0.3, -0.25) is 4.55 Å². The average Bonchev–Trinajstić information content (AvgIpc) is 2.51. The highest BCUT2D eigenvalue weighted by Crippen LogP contribution is 2.27. The molecular weight excluding hydrogens is 358 g/mol. The standard InChI is InChI=1S/C18H31NO4S2/c1-14(2)16-11-17(15(3)4)13-18(12-16)23-9-6-5-7-19-8-10-24-25(20,21)22/h11-15,19H,5-10H2,1-4H3,(H,20,21,22). The molecule has 0 heterocycles. The van der Waals surface area contributed by atoms with Crippen LogP contribution in [0.2, 0.25) is 0 Å². The van der Waals surface area contributed by atoms with Crippen LogP contribution in [0, 0.1) is 0 Å². The Kier molecular flexibility index (Phi) is 9.86. The Labute approximate surface area is 156 Å². The fourth-order valence-corrected chi connectivity index (χ4v) is 3.60. The molecule has 144 valence electrons. The van der Waals surface area contributed by atoms with Gasteiger partial charge in [0.25, 0.3) is 0 Å². The number of rotatable bonds is 12. The third-order valence-corrected chi connectivity index (χ3v) is 5.87. The summed E-state index contributed by atoms with van der Waals surface area (Å²) in [6, 6.07) is 6.51. The lowest BCUT2D eigenvalue weighted by Gasteiger charge is -2.15. The Morgan fingerprint density at radius 2 is 1.64 bits per heavy atom. The van der Waals surface area contributed by atoms with Crippen molar-refractivity contribution < 1.29 is 17.7 Å². The molecular formula is C18H31NO4S2. The van der Waals surface area contributed by atoms with Gasteiger partial charge in [-0.05, 0) is 65.3 Å². The maximum absolute atomic E-state index is 10.5. The molecule has 0 aliphatic carbocycles. The first-order valence-electron chi connectivity index (χ1n) is 8.79. The molecule has 0 saturated carbocycles. The van der Waals surface area contributed by atoms with Crippen LogP contribution in [0.5, 0.6) is 5.75 Å². The van der Waals surface area contributed by atoms with E-state index in [9.17, 15) is 8.42 Å². The van der Waals surface area contributed by atoms with E-state index < -0.39 is 9.15 Å². The van der Waals surface area contributed by atoms with Crippen LogP contribution in [-0.4, -0.2) is 38.4 Å². The van der Waals surface area contributed by atoms with Crippen molar-refractivity contribution >= 4 is 19.9 Å². The summed E-state index contributed by atoms with van der Waals surface area (Å²) in [7, 11) is -3.37. The molecule has 1 aromatic rings. The van der Waals surface area contributed by atoms with Crippen molar-refractivity contribution in [3.63, 3.8) is 0 Å². The summed E-state index contributed by atoms with van der Waals surface area (Å²) in [6.45, 7) is 10.8. The fourth-order valence-electron chi connectivity index (χ4n) is 2.28. The molecule has 0 saturated heterocycles. The van der Waals surface area contributed by atoms with Crippen LogP contribution < -0.4 is 10.1 Å². The van der Waals surface area contributed by atoms with Crippen LogP contribution >= 0.6 is 10.8 Å². The SMILES string of the molecule is CC(C)c1cc(OCCCCNCCSS(=O)(=O)O)cc(C(C)C)c1. The maximum atomic E-state index is 10.5. The molecule has 0 aliphatic heterocycles. The van der Waals surface area contributed by atoms with Crippen molar-refractivity contribution in [2.45, 2.75) is 52.4 Å². The van der Waals surface area contributed by atoms with Crippen molar-refractivity contribution in [1.82, 2.24) is 5.32 Å². The highest BCUT2D eigenvalue weighted by molar-refractivity contribution is 8.69. The summed E-state index contributed by atoms with van der Waals surface area (Å²) >= 11 is 0. The monoisotopic (exact) mass is 389 g/mol. The minimum Gasteiger partial charge on any atom is -0.494 e. The van der Waals surface area contributed by atoms with E-state index >= 15 is 0 Å². The Morgan fingerprint density at radius 1 is 1.04 bits per heavy atom. The highest BCUT2D eigenvalue weighted by atomic mass is 33.1. The zero-order valence-corrected chi connectivity index (χ0v) is 17.3. The normalized spacial score (nSPS) is 12.1. The molecule has 25 heavy (non-hydrogen) atoms. The summed E-state index contributed by atoms with van der Waals surface area (Å²) in [5, 5.41) is 3.15. The van der Waals surface area contributed by atoms with E-state index in [0.717, 1.165) is 25.1 Å². The summed E-state index contributed by atoms with van der Waals surface area (Å²) in [6.07, 6.45) is 1.89. The van der Waals surface area contributed by atoms with Crippen LogP contribution in [0.3, 0.4) is 0 Å². The third kappa shape index (κ3) is 10.1. The molecule has 0 aromatic heterocycles. The van der Waals surface area contributed by atoms with Crippen LogP contribution in [-0.2, 0) is 9.15 Å². The molecule has 5 nitrogen and oxygen atoms in total. The van der Waals surface area contributed by atoms with Crippen molar-refractivity contribution in [1.29, 1.82) is 0 Å². The number of ether oxygens (including phenoxy) is 1. The van der Waals surface area contributed by atoms with Gasteiger partial charge in [-0.1, -0.05) is 33.8 Å². The van der Waals surface area contributed by atoms with E-state index in [1.165, 1.54) is 11.1 Å². The van der Waals surface area contributed by atoms with Gasteiger partial charge in [0, 0.05) is 12.3 Å². The first-order chi connectivity index (χ1) is 11.7. The van der Waals surface area contributed by atoms with Crippen LogP contribution in [0.25, 0.3) is 0 Å². The van der Waals surface area contributed by atoms with Gasteiger partial charge in [0.05, 0.1) is 6.61 Å². The minimum atomic E-state index is -3.92. The molecule has 0 spiro atoms. The highest BCUT2D eigenvalue weighted by Gasteiger charge is 2.08. The van der Waals surface area contributed by atoms with Crippen LogP contribution in [0.1, 0.15) is 63.5 Å². The molecule has 2 N–H and O–H groups in total. The molecule has 0 unspecified atom stereocenters. The summed E-state index contributed by atoms with van der Waals surface area (Å²) in [5.41, 5.74) is 2.61. The first kappa shape index (κ1) is 22.3. The third-order valence-electron chi connectivity index (χ3n) is 3.81. The van der Waals surface area contributed by atoms with E-state index in [1.54, 1.807) is 0 Å². The van der Waals surface area contributed by atoms with Gasteiger partial charge in [0.1, 0.15) is 5.75 Å². The van der Waals surface area contributed by atoms with Crippen molar-refractivity contribution in [3.05, 3.63) is 29.3 Å². The second-order valence-corrected chi connectivity index (χ2v) is 10.2. The lowest BCUT2D eigenvalue weighted by molar-refractivity contribution is 0.305. The molecule has 0 atom stereocenters. The summed E-state index contributed by atoms with van der Waals surface area (Å²) in [5.74, 6) is 2.24. The number of hydrogen-bond acceptors (Lipinski definition) is 5.